The zero-order valence-corrected chi connectivity index (χ0v) is 11.6. The minimum atomic E-state index is -0.568. The largest absolute Gasteiger partial charge is 0.336 e. The molecule has 94 valence electrons. The molecular weight excluding hydrogens is 287 g/mol. The Morgan fingerprint density at radius 1 is 1.59 bits per heavy atom. The van der Waals surface area contributed by atoms with Gasteiger partial charge in [0.15, 0.2) is 5.82 Å². The molecule has 0 aromatic carbocycles. The second-order valence-electron chi connectivity index (χ2n) is 3.99. The first-order chi connectivity index (χ1) is 8.07. The van der Waals surface area contributed by atoms with E-state index in [4.69, 9.17) is 0 Å². The van der Waals surface area contributed by atoms with E-state index in [9.17, 15) is 9.18 Å². The highest BCUT2D eigenvalue weighted by Gasteiger charge is 2.20. The van der Waals surface area contributed by atoms with Crippen LogP contribution in [0.1, 0.15) is 30.6 Å². The van der Waals surface area contributed by atoms with Crippen molar-refractivity contribution in [2.45, 2.75) is 26.3 Å². The van der Waals surface area contributed by atoms with Crippen molar-refractivity contribution in [1.29, 1.82) is 0 Å². The highest BCUT2D eigenvalue weighted by atomic mass is 79.9. The molecule has 5 heteroatoms. The normalized spacial score (nSPS) is 10.6. The van der Waals surface area contributed by atoms with Gasteiger partial charge in [0, 0.05) is 24.1 Å². The molecule has 0 aliphatic rings. The standard InChI is InChI=1S/C12H16BrFN2O/c1-9(2)16(7-3-5-13)12(17)10-4-6-15-8-11(10)14/h4,6,8-9H,3,5,7H2,1-2H3. The molecule has 1 rings (SSSR count). The average molecular weight is 303 g/mol. The lowest BCUT2D eigenvalue weighted by atomic mass is 10.2. The zero-order chi connectivity index (χ0) is 12.8. The summed E-state index contributed by atoms with van der Waals surface area (Å²) in [5.41, 5.74) is 0.0864. The van der Waals surface area contributed by atoms with Gasteiger partial charge in [0.1, 0.15) is 0 Å². The van der Waals surface area contributed by atoms with Crippen LogP contribution in [0.5, 0.6) is 0 Å². The number of carbonyl (C=O) groups excluding carboxylic acids is 1. The van der Waals surface area contributed by atoms with Crippen molar-refractivity contribution in [3.63, 3.8) is 0 Å². The van der Waals surface area contributed by atoms with E-state index in [-0.39, 0.29) is 17.5 Å². The minimum absolute atomic E-state index is 0.0501. The van der Waals surface area contributed by atoms with Gasteiger partial charge in [-0.3, -0.25) is 9.78 Å². The third-order valence-electron chi connectivity index (χ3n) is 2.42. The van der Waals surface area contributed by atoms with Crippen molar-refractivity contribution >= 4 is 21.8 Å². The Bertz CT molecular complexity index is 385. The predicted molar refractivity (Wildman–Crippen MR) is 68.8 cm³/mol. The summed E-state index contributed by atoms with van der Waals surface area (Å²) in [5.74, 6) is -0.845. The number of hydrogen-bond acceptors (Lipinski definition) is 2. The Hall–Kier alpha value is -0.970. The second-order valence-corrected chi connectivity index (χ2v) is 4.78. The summed E-state index contributed by atoms with van der Waals surface area (Å²) in [5, 5.41) is 0.822. The average Bonchev–Trinajstić information content (AvgIpc) is 2.29. The fourth-order valence-corrected chi connectivity index (χ4v) is 1.78. The topological polar surface area (TPSA) is 33.2 Å². The van der Waals surface area contributed by atoms with E-state index < -0.39 is 5.82 Å². The zero-order valence-electron chi connectivity index (χ0n) is 9.99. The quantitative estimate of drug-likeness (QED) is 0.784. The Morgan fingerprint density at radius 2 is 2.29 bits per heavy atom. The van der Waals surface area contributed by atoms with Crippen LogP contribution in [0.2, 0.25) is 0 Å². The third kappa shape index (κ3) is 3.77. The molecule has 0 spiro atoms. The van der Waals surface area contributed by atoms with Gasteiger partial charge < -0.3 is 4.90 Å². The maximum atomic E-state index is 13.5. The first-order valence-corrected chi connectivity index (χ1v) is 6.66. The summed E-state index contributed by atoms with van der Waals surface area (Å²) in [4.78, 5) is 17.5. The monoisotopic (exact) mass is 302 g/mol. The maximum absolute atomic E-state index is 13.5. The Kier molecular flexibility index (Phi) is 5.55. The molecular formula is C12H16BrFN2O. The van der Waals surface area contributed by atoms with Gasteiger partial charge in [-0.2, -0.15) is 0 Å². The van der Waals surface area contributed by atoms with Crippen molar-refractivity contribution in [2.75, 3.05) is 11.9 Å². The SMILES string of the molecule is CC(C)N(CCCBr)C(=O)c1ccncc1F. The van der Waals surface area contributed by atoms with Gasteiger partial charge in [-0.05, 0) is 26.3 Å². The van der Waals surface area contributed by atoms with Gasteiger partial charge in [0.2, 0.25) is 0 Å². The number of alkyl halides is 1. The molecule has 0 atom stereocenters. The summed E-state index contributed by atoms with van der Waals surface area (Å²) >= 11 is 3.32. The number of aromatic nitrogens is 1. The van der Waals surface area contributed by atoms with Gasteiger partial charge in [0.25, 0.3) is 5.91 Å². The highest BCUT2D eigenvalue weighted by Crippen LogP contribution is 2.12. The molecule has 1 aromatic heterocycles. The summed E-state index contributed by atoms with van der Waals surface area (Å²) < 4.78 is 13.5. The van der Waals surface area contributed by atoms with E-state index in [2.05, 4.69) is 20.9 Å². The van der Waals surface area contributed by atoms with Crippen LogP contribution in [-0.4, -0.2) is 33.7 Å². The molecule has 0 bridgehead atoms. The van der Waals surface area contributed by atoms with Gasteiger partial charge in [-0.1, -0.05) is 15.9 Å². The van der Waals surface area contributed by atoms with Gasteiger partial charge in [-0.15, -0.1) is 0 Å². The van der Waals surface area contributed by atoms with E-state index in [1.54, 1.807) is 4.90 Å². The van der Waals surface area contributed by atoms with Gasteiger partial charge in [-0.25, -0.2) is 4.39 Å². The molecule has 0 fully saturated rings. The number of rotatable bonds is 5. The molecule has 0 radical (unpaired) electrons. The fourth-order valence-electron chi connectivity index (χ4n) is 1.53. The molecule has 0 aliphatic heterocycles. The van der Waals surface area contributed by atoms with Crippen LogP contribution >= 0.6 is 15.9 Å². The van der Waals surface area contributed by atoms with Crippen molar-refractivity contribution in [1.82, 2.24) is 9.88 Å². The first-order valence-electron chi connectivity index (χ1n) is 5.54. The molecule has 0 N–H and O–H groups in total. The first kappa shape index (κ1) is 14.1. The minimum Gasteiger partial charge on any atom is -0.336 e. The van der Waals surface area contributed by atoms with Crippen LogP contribution < -0.4 is 0 Å². The molecule has 0 saturated heterocycles. The van der Waals surface area contributed by atoms with E-state index in [1.165, 1.54) is 12.3 Å². The Labute approximate surface area is 109 Å². The van der Waals surface area contributed by atoms with E-state index >= 15 is 0 Å². The summed E-state index contributed by atoms with van der Waals surface area (Å²) in [6.45, 7) is 4.46. The Balaban J connectivity index is 2.88. The highest BCUT2D eigenvalue weighted by molar-refractivity contribution is 9.09. The maximum Gasteiger partial charge on any atom is 0.257 e. The van der Waals surface area contributed by atoms with Gasteiger partial charge in [0.05, 0.1) is 11.8 Å². The van der Waals surface area contributed by atoms with E-state index in [0.717, 1.165) is 17.9 Å². The predicted octanol–water partition coefficient (Wildman–Crippen LogP) is 2.86. The number of carbonyl (C=O) groups is 1. The van der Waals surface area contributed by atoms with E-state index in [0.29, 0.717) is 6.54 Å². The lowest BCUT2D eigenvalue weighted by Gasteiger charge is -2.26. The molecule has 1 aromatic rings. The lowest BCUT2D eigenvalue weighted by molar-refractivity contribution is 0.0701. The molecule has 3 nitrogen and oxygen atoms in total. The molecule has 0 aliphatic carbocycles. The van der Waals surface area contributed by atoms with Crippen LogP contribution in [0.4, 0.5) is 4.39 Å². The van der Waals surface area contributed by atoms with Crippen molar-refractivity contribution < 1.29 is 9.18 Å². The number of halogens is 2. The van der Waals surface area contributed by atoms with Crippen molar-refractivity contribution in [3.8, 4) is 0 Å². The van der Waals surface area contributed by atoms with Crippen LogP contribution in [-0.2, 0) is 0 Å². The molecule has 0 unspecified atom stereocenters. The third-order valence-corrected chi connectivity index (χ3v) is 2.98. The summed E-state index contributed by atoms with van der Waals surface area (Å²) in [6, 6.07) is 1.47. The molecule has 1 heterocycles. The van der Waals surface area contributed by atoms with E-state index in [1.807, 2.05) is 13.8 Å². The smallest absolute Gasteiger partial charge is 0.257 e. The summed E-state index contributed by atoms with van der Waals surface area (Å²) in [7, 11) is 0. The lowest BCUT2D eigenvalue weighted by Crippen LogP contribution is -2.38. The van der Waals surface area contributed by atoms with Crippen molar-refractivity contribution in [2.24, 2.45) is 0 Å². The van der Waals surface area contributed by atoms with Crippen LogP contribution in [0.3, 0.4) is 0 Å². The van der Waals surface area contributed by atoms with Gasteiger partial charge >= 0.3 is 0 Å². The Morgan fingerprint density at radius 3 is 2.82 bits per heavy atom. The van der Waals surface area contributed by atoms with Crippen molar-refractivity contribution in [3.05, 3.63) is 29.8 Å². The molecule has 0 saturated carbocycles. The van der Waals surface area contributed by atoms with Crippen LogP contribution in [0.15, 0.2) is 18.5 Å². The van der Waals surface area contributed by atoms with Crippen LogP contribution in [0, 0.1) is 5.82 Å². The molecule has 17 heavy (non-hydrogen) atoms. The summed E-state index contributed by atoms with van der Waals surface area (Å²) in [6.07, 6.45) is 3.34. The number of hydrogen-bond donors (Lipinski definition) is 0. The number of pyridine rings is 1. The van der Waals surface area contributed by atoms with Crippen LogP contribution in [0.25, 0.3) is 0 Å². The molecule has 1 amide bonds. The fraction of sp³-hybridized carbons (Fsp3) is 0.500. The number of nitrogens with zero attached hydrogens (tertiary/aromatic N) is 2. The second kappa shape index (κ2) is 6.69. The number of amides is 1.